The van der Waals surface area contributed by atoms with Gasteiger partial charge in [0.25, 0.3) is 0 Å². The lowest BCUT2D eigenvalue weighted by Crippen LogP contribution is -2.33. The number of halogens is 3. The fraction of sp³-hybridized carbons (Fsp3) is 0.368. The predicted molar refractivity (Wildman–Crippen MR) is 87.1 cm³/mol. The lowest BCUT2D eigenvalue weighted by Gasteiger charge is -2.37. The zero-order valence-corrected chi connectivity index (χ0v) is 14.3. The molecule has 0 amide bonds. The number of benzene rings is 1. The van der Waals surface area contributed by atoms with Crippen LogP contribution in [-0.4, -0.2) is 5.78 Å². The van der Waals surface area contributed by atoms with Crippen molar-refractivity contribution in [2.24, 2.45) is 11.1 Å². The zero-order valence-electron chi connectivity index (χ0n) is 14.3. The van der Waals surface area contributed by atoms with Gasteiger partial charge in [0, 0.05) is 18.4 Å². The molecule has 1 aromatic rings. The Morgan fingerprint density at radius 2 is 1.85 bits per heavy atom. The standard InChI is InChI=1S/C19H17F3N2O2/c1-18(2)7-13(25)16-14(8-18)26-17(24)12(9-23)15(16)10-3-5-11(6-4-10)19(20,21)22/h3-6,15H,7-8,24H2,1-2H3/t15-/m1/s1. The number of alkyl halides is 3. The summed E-state index contributed by atoms with van der Waals surface area (Å²) in [6.07, 6.45) is -3.73. The molecule has 0 unspecified atom stereocenters. The Morgan fingerprint density at radius 3 is 2.38 bits per heavy atom. The van der Waals surface area contributed by atoms with E-state index in [-0.39, 0.29) is 29.1 Å². The van der Waals surface area contributed by atoms with Crippen LogP contribution in [0.1, 0.15) is 43.7 Å². The minimum absolute atomic E-state index is 0.0385. The zero-order chi connectivity index (χ0) is 19.3. The summed E-state index contributed by atoms with van der Waals surface area (Å²) in [5.74, 6) is -0.703. The molecule has 1 aliphatic carbocycles. The predicted octanol–water partition coefficient (Wildman–Crippen LogP) is 4.16. The number of nitrogens with zero attached hydrogens (tertiary/aromatic N) is 1. The fourth-order valence-corrected chi connectivity index (χ4v) is 3.48. The molecule has 1 aromatic carbocycles. The molecule has 26 heavy (non-hydrogen) atoms. The molecule has 0 radical (unpaired) electrons. The average Bonchev–Trinajstić information content (AvgIpc) is 2.51. The normalized spacial score (nSPS) is 22.6. The van der Waals surface area contributed by atoms with Gasteiger partial charge in [-0.15, -0.1) is 0 Å². The van der Waals surface area contributed by atoms with Gasteiger partial charge in [0.2, 0.25) is 5.88 Å². The molecule has 7 heteroatoms. The van der Waals surface area contributed by atoms with E-state index in [0.717, 1.165) is 12.1 Å². The highest BCUT2D eigenvalue weighted by atomic mass is 19.4. The maximum Gasteiger partial charge on any atom is 0.416 e. The number of carbonyl (C=O) groups excluding carboxylic acids is 1. The quantitative estimate of drug-likeness (QED) is 0.814. The van der Waals surface area contributed by atoms with Crippen LogP contribution in [-0.2, 0) is 15.7 Å². The van der Waals surface area contributed by atoms with Gasteiger partial charge in [0.1, 0.15) is 17.4 Å². The monoisotopic (exact) mass is 362 g/mol. The van der Waals surface area contributed by atoms with Gasteiger partial charge in [0.05, 0.1) is 11.5 Å². The first-order valence-electron chi connectivity index (χ1n) is 8.04. The molecule has 0 bridgehead atoms. The Morgan fingerprint density at radius 1 is 1.23 bits per heavy atom. The van der Waals surface area contributed by atoms with Crippen LogP contribution in [0.25, 0.3) is 0 Å². The number of hydrogen-bond acceptors (Lipinski definition) is 4. The van der Waals surface area contributed by atoms with Crippen LogP contribution >= 0.6 is 0 Å². The van der Waals surface area contributed by atoms with E-state index in [1.165, 1.54) is 12.1 Å². The van der Waals surface area contributed by atoms with Crippen molar-refractivity contribution < 1.29 is 22.7 Å². The van der Waals surface area contributed by atoms with Crippen LogP contribution in [0, 0.1) is 16.7 Å². The Bertz CT molecular complexity index is 872. The molecule has 4 nitrogen and oxygen atoms in total. The minimum Gasteiger partial charge on any atom is -0.444 e. The van der Waals surface area contributed by atoms with Crippen molar-refractivity contribution in [3.8, 4) is 6.07 Å². The summed E-state index contributed by atoms with van der Waals surface area (Å²) in [6.45, 7) is 3.84. The summed E-state index contributed by atoms with van der Waals surface area (Å²) in [6, 6.07) is 6.38. The maximum absolute atomic E-state index is 12.8. The molecule has 1 heterocycles. The second-order valence-electron chi connectivity index (χ2n) is 7.32. The Labute approximate surface area is 148 Å². The molecule has 0 saturated carbocycles. The molecule has 0 spiro atoms. The van der Waals surface area contributed by atoms with Crippen molar-refractivity contribution >= 4 is 5.78 Å². The number of carbonyl (C=O) groups is 1. The first-order chi connectivity index (χ1) is 12.0. The average molecular weight is 362 g/mol. The number of Topliss-reactive ketones (excluding diaryl/α,β-unsaturated/α-hetero) is 1. The van der Waals surface area contributed by atoms with Crippen LogP contribution in [0.2, 0.25) is 0 Å². The van der Waals surface area contributed by atoms with Crippen LogP contribution in [0.4, 0.5) is 13.2 Å². The highest BCUT2D eigenvalue weighted by Crippen LogP contribution is 2.48. The molecule has 0 saturated heterocycles. The van der Waals surface area contributed by atoms with Crippen LogP contribution in [0.5, 0.6) is 0 Å². The Kier molecular flexibility index (Phi) is 4.10. The van der Waals surface area contributed by atoms with Gasteiger partial charge in [-0.05, 0) is 23.1 Å². The summed E-state index contributed by atoms with van der Waals surface area (Å²) in [5.41, 5.74) is 5.51. The van der Waals surface area contributed by atoms with E-state index in [1.807, 2.05) is 19.9 Å². The van der Waals surface area contributed by atoms with Crippen molar-refractivity contribution in [1.29, 1.82) is 5.26 Å². The fourth-order valence-electron chi connectivity index (χ4n) is 3.48. The summed E-state index contributed by atoms with van der Waals surface area (Å²) in [7, 11) is 0. The Balaban J connectivity index is 2.12. The highest BCUT2D eigenvalue weighted by Gasteiger charge is 2.43. The maximum atomic E-state index is 12.8. The first-order valence-corrected chi connectivity index (χ1v) is 8.04. The van der Waals surface area contributed by atoms with E-state index in [1.54, 1.807) is 0 Å². The third kappa shape index (κ3) is 3.07. The molecule has 2 N–H and O–H groups in total. The number of ketones is 1. The molecule has 136 valence electrons. The summed E-state index contributed by atoms with van der Waals surface area (Å²) >= 11 is 0. The van der Waals surface area contributed by atoms with Crippen LogP contribution < -0.4 is 5.73 Å². The summed E-state index contributed by atoms with van der Waals surface area (Å²) in [4.78, 5) is 12.7. The van der Waals surface area contributed by atoms with Gasteiger partial charge >= 0.3 is 6.18 Å². The van der Waals surface area contributed by atoms with Gasteiger partial charge in [-0.25, -0.2) is 0 Å². The third-order valence-electron chi connectivity index (χ3n) is 4.65. The van der Waals surface area contributed by atoms with E-state index in [9.17, 15) is 23.2 Å². The second kappa shape index (κ2) is 5.90. The first kappa shape index (κ1) is 18.1. The minimum atomic E-state index is -4.46. The number of ether oxygens (including phenoxy) is 1. The van der Waals surface area contributed by atoms with Gasteiger partial charge in [-0.1, -0.05) is 26.0 Å². The van der Waals surface area contributed by atoms with E-state index in [4.69, 9.17) is 10.5 Å². The van der Waals surface area contributed by atoms with E-state index < -0.39 is 17.7 Å². The number of nitrogens with two attached hydrogens (primary N) is 1. The topological polar surface area (TPSA) is 76.1 Å². The molecular weight excluding hydrogens is 345 g/mol. The van der Waals surface area contributed by atoms with Crippen molar-refractivity contribution in [1.82, 2.24) is 0 Å². The van der Waals surface area contributed by atoms with Gasteiger partial charge in [-0.2, -0.15) is 18.4 Å². The summed E-state index contributed by atoms with van der Waals surface area (Å²) in [5, 5.41) is 9.47. The second-order valence-corrected chi connectivity index (χ2v) is 7.32. The van der Waals surface area contributed by atoms with E-state index in [2.05, 4.69) is 0 Å². The lowest BCUT2D eigenvalue weighted by atomic mass is 9.70. The van der Waals surface area contributed by atoms with Crippen molar-refractivity contribution in [3.63, 3.8) is 0 Å². The van der Waals surface area contributed by atoms with Crippen molar-refractivity contribution in [2.75, 3.05) is 0 Å². The SMILES string of the molecule is CC1(C)CC(=O)C2=C(C1)OC(N)=C(C#N)[C@H]2c1ccc(C(F)(F)F)cc1. The van der Waals surface area contributed by atoms with E-state index in [0.29, 0.717) is 23.3 Å². The van der Waals surface area contributed by atoms with Crippen LogP contribution in [0.3, 0.4) is 0 Å². The van der Waals surface area contributed by atoms with Crippen LogP contribution in [0.15, 0.2) is 47.1 Å². The number of hydrogen-bond donors (Lipinski definition) is 1. The molecule has 0 aromatic heterocycles. The summed E-state index contributed by atoms with van der Waals surface area (Å²) < 4.78 is 44.0. The van der Waals surface area contributed by atoms with Gasteiger partial charge in [-0.3, -0.25) is 4.79 Å². The lowest BCUT2D eigenvalue weighted by molar-refractivity contribution is -0.137. The molecule has 1 atom stereocenters. The molecule has 3 rings (SSSR count). The largest absolute Gasteiger partial charge is 0.444 e. The highest BCUT2D eigenvalue weighted by molar-refractivity contribution is 6.00. The molecule has 2 aliphatic rings. The number of allylic oxidation sites excluding steroid dienone is 3. The molecule has 0 fully saturated rings. The number of nitriles is 1. The number of rotatable bonds is 1. The van der Waals surface area contributed by atoms with E-state index >= 15 is 0 Å². The van der Waals surface area contributed by atoms with Gasteiger partial charge < -0.3 is 10.5 Å². The van der Waals surface area contributed by atoms with Crippen molar-refractivity contribution in [3.05, 3.63) is 58.2 Å². The third-order valence-corrected chi connectivity index (χ3v) is 4.65. The Hall–Kier alpha value is -2.75. The van der Waals surface area contributed by atoms with Gasteiger partial charge in [0.15, 0.2) is 5.78 Å². The molecular formula is C19H17F3N2O2. The van der Waals surface area contributed by atoms with Crippen molar-refractivity contribution in [2.45, 2.75) is 38.8 Å². The smallest absolute Gasteiger partial charge is 0.416 e. The molecule has 1 aliphatic heterocycles.